The van der Waals surface area contributed by atoms with Crippen molar-refractivity contribution in [2.45, 2.75) is 17.9 Å². The van der Waals surface area contributed by atoms with Crippen LogP contribution in [0.1, 0.15) is 17.3 Å². The molecule has 0 saturated carbocycles. The van der Waals surface area contributed by atoms with Crippen LogP contribution in [0.3, 0.4) is 0 Å². The SMILES string of the molecule is CC(=O)C(N=Nc1ccc(S(=O)(=O)O)cc1C(=O)O)C(=O)Nc1ccc2[nH]c(=O)[nH]c2c1. The van der Waals surface area contributed by atoms with Gasteiger partial charge in [0.15, 0.2) is 5.78 Å². The topological polar surface area (TPSA) is 211 Å². The van der Waals surface area contributed by atoms with Crippen LogP contribution < -0.4 is 11.0 Å². The lowest BCUT2D eigenvalue weighted by Crippen LogP contribution is -2.31. The van der Waals surface area contributed by atoms with E-state index in [2.05, 4.69) is 25.5 Å². The van der Waals surface area contributed by atoms with Crippen LogP contribution in [0.2, 0.25) is 0 Å². The second-order valence-electron chi connectivity index (χ2n) is 6.52. The first-order chi connectivity index (χ1) is 15.0. The van der Waals surface area contributed by atoms with Crippen LogP contribution in [0.4, 0.5) is 11.4 Å². The molecule has 3 aromatic rings. The molecule has 0 aliphatic heterocycles. The van der Waals surface area contributed by atoms with E-state index in [0.29, 0.717) is 17.1 Å². The van der Waals surface area contributed by atoms with Gasteiger partial charge in [-0.25, -0.2) is 9.59 Å². The smallest absolute Gasteiger partial charge is 0.338 e. The zero-order valence-corrected chi connectivity index (χ0v) is 17.0. The molecule has 1 aromatic heterocycles. The number of imidazole rings is 1. The number of carbonyl (C=O) groups is 3. The standard InChI is InChI=1S/C18H15N5O8S/c1-8(24)15(16(25)19-9-2-4-13-14(6-9)21-18(28)20-13)23-22-12-5-3-10(32(29,30)31)7-11(12)17(26)27/h2-7,15H,1H3,(H,19,25)(H,26,27)(H2,20,21,28)(H,29,30,31). The van der Waals surface area contributed by atoms with E-state index in [1.807, 2.05) is 0 Å². The molecular weight excluding hydrogens is 446 g/mol. The minimum absolute atomic E-state index is 0.253. The fourth-order valence-electron chi connectivity index (χ4n) is 2.69. The van der Waals surface area contributed by atoms with Crippen LogP contribution in [-0.4, -0.2) is 51.7 Å². The Hall–Kier alpha value is -4.17. The number of carboxylic acids is 1. The molecule has 5 N–H and O–H groups in total. The van der Waals surface area contributed by atoms with Gasteiger partial charge >= 0.3 is 11.7 Å². The number of amides is 1. The first-order valence-electron chi connectivity index (χ1n) is 8.75. The molecule has 0 aliphatic rings. The molecule has 13 nitrogen and oxygen atoms in total. The predicted molar refractivity (Wildman–Crippen MR) is 110 cm³/mol. The van der Waals surface area contributed by atoms with Crippen molar-refractivity contribution < 1.29 is 32.5 Å². The van der Waals surface area contributed by atoms with Crippen molar-refractivity contribution in [3.8, 4) is 0 Å². The Kier molecular flexibility index (Phi) is 6.00. The van der Waals surface area contributed by atoms with E-state index in [0.717, 1.165) is 19.1 Å². The van der Waals surface area contributed by atoms with E-state index in [-0.39, 0.29) is 11.4 Å². The first-order valence-corrected chi connectivity index (χ1v) is 10.2. The number of azo groups is 1. The molecule has 1 heterocycles. The van der Waals surface area contributed by atoms with Crippen LogP contribution in [0.25, 0.3) is 11.0 Å². The van der Waals surface area contributed by atoms with Crippen molar-refractivity contribution in [2.24, 2.45) is 10.2 Å². The van der Waals surface area contributed by atoms with Gasteiger partial charge in [-0.05, 0) is 43.3 Å². The van der Waals surface area contributed by atoms with Crippen LogP contribution >= 0.6 is 0 Å². The van der Waals surface area contributed by atoms with Gasteiger partial charge in [0.25, 0.3) is 16.0 Å². The van der Waals surface area contributed by atoms with Crippen molar-refractivity contribution in [1.29, 1.82) is 0 Å². The van der Waals surface area contributed by atoms with Gasteiger partial charge < -0.3 is 20.4 Å². The number of nitrogens with one attached hydrogen (secondary N) is 3. The fraction of sp³-hybridized carbons (Fsp3) is 0.111. The molecule has 3 rings (SSSR count). The monoisotopic (exact) mass is 461 g/mol. The van der Waals surface area contributed by atoms with E-state index >= 15 is 0 Å². The highest BCUT2D eigenvalue weighted by atomic mass is 32.2. The van der Waals surface area contributed by atoms with Gasteiger partial charge in [0.05, 0.1) is 27.2 Å². The molecule has 0 saturated heterocycles. The fourth-order valence-corrected chi connectivity index (χ4v) is 3.20. The van der Waals surface area contributed by atoms with E-state index in [9.17, 15) is 32.7 Å². The quantitative estimate of drug-likeness (QED) is 0.197. The number of benzene rings is 2. The average Bonchev–Trinajstić information content (AvgIpc) is 3.06. The van der Waals surface area contributed by atoms with E-state index in [4.69, 9.17) is 4.55 Å². The lowest BCUT2D eigenvalue weighted by Gasteiger charge is -2.10. The third kappa shape index (κ3) is 4.93. The Morgan fingerprint density at radius 1 is 1.06 bits per heavy atom. The van der Waals surface area contributed by atoms with Crippen molar-refractivity contribution in [1.82, 2.24) is 9.97 Å². The van der Waals surface area contributed by atoms with Crippen LogP contribution in [-0.2, 0) is 19.7 Å². The number of fused-ring (bicyclic) bond motifs is 1. The summed E-state index contributed by atoms with van der Waals surface area (Å²) in [6, 6.07) is 5.35. The normalized spacial score (nSPS) is 12.7. The number of hydrogen-bond donors (Lipinski definition) is 5. The van der Waals surface area contributed by atoms with E-state index in [1.54, 1.807) is 0 Å². The summed E-state index contributed by atoms with van der Waals surface area (Å²) in [5.74, 6) is -3.14. The second kappa shape index (κ2) is 8.52. The summed E-state index contributed by atoms with van der Waals surface area (Å²) >= 11 is 0. The van der Waals surface area contributed by atoms with Gasteiger partial charge in [0.1, 0.15) is 0 Å². The molecule has 1 atom stereocenters. The first kappa shape index (κ1) is 22.5. The highest BCUT2D eigenvalue weighted by molar-refractivity contribution is 7.85. The molecule has 1 amide bonds. The van der Waals surface area contributed by atoms with Crippen molar-refractivity contribution >= 4 is 50.2 Å². The Labute approximate surface area is 178 Å². The summed E-state index contributed by atoms with van der Waals surface area (Å²) in [6.07, 6.45) is 0. The molecule has 1 unspecified atom stereocenters. The molecule has 166 valence electrons. The number of carbonyl (C=O) groups excluding carboxylic acids is 2. The molecule has 0 aliphatic carbocycles. The average molecular weight is 461 g/mol. The summed E-state index contributed by atoms with van der Waals surface area (Å²) in [5, 5.41) is 19.0. The highest BCUT2D eigenvalue weighted by Crippen LogP contribution is 2.24. The summed E-state index contributed by atoms with van der Waals surface area (Å²) in [4.78, 5) is 51.6. The molecule has 2 aromatic carbocycles. The number of ketones is 1. The van der Waals surface area contributed by atoms with Gasteiger partial charge in [-0.15, -0.1) is 0 Å². The number of aromatic carboxylic acids is 1. The number of aromatic amines is 2. The van der Waals surface area contributed by atoms with Gasteiger partial charge in [0.2, 0.25) is 6.04 Å². The van der Waals surface area contributed by atoms with Gasteiger partial charge in [0, 0.05) is 5.69 Å². The molecule has 0 spiro atoms. The van der Waals surface area contributed by atoms with Crippen LogP contribution in [0, 0.1) is 0 Å². The number of nitrogens with zero attached hydrogens (tertiary/aromatic N) is 2. The molecular formula is C18H15N5O8S. The Morgan fingerprint density at radius 3 is 2.38 bits per heavy atom. The third-order valence-corrected chi connectivity index (χ3v) is 5.04. The van der Waals surface area contributed by atoms with Crippen LogP contribution in [0.15, 0.2) is 56.3 Å². The summed E-state index contributed by atoms with van der Waals surface area (Å²) in [7, 11) is -4.66. The maximum atomic E-state index is 12.5. The zero-order chi connectivity index (χ0) is 23.6. The lowest BCUT2D eigenvalue weighted by atomic mass is 10.2. The number of rotatable bonds is 7. The number of hydrogen-bond acceptors (Lipinski definition) is 8. The number of Topliss-reactive ketones (excluding diaryl/α,β-unsaturated/α-hetero) is 1. The van der Waals surface area contributed by atoms with E-state index in [1.165, 1.54) is 18.2 Å². The Morgan fingerprint density at radius 2 is 1.75 bits per heavy atom. The zero-order valence-electron chi connectivity index (χ0n) is 16.2. The maximum absolute atomic E-state index is 12.5. The van der Waals surface area contributed by atoms with Gasteiger partial charge in [-0.3, -0.25) is 14.1 Å². The summed E-state index contributed by atoms with van der Waals surface area (Å²) in [6.45, 7) is 1.08. The largest absolute Gasteiger partial charge is 0.478 e. The number of H-pyrrole nitrogens is 2. The molecule has 14 heteroatoms. The van der Waals surface area contributed by atoms with Crippen LogP contribution in [0.5, 0.6) is 0 Å². The minimum Gasteiger partial charge on any atom is -0.478 e. The summed E-state index contributed by atoms with van der Waals surface area (Å²) < 4.78 is 31.5. The lowest BCUT2D eigenvalue weighted by molar-refractivity contribution is -0.126. The highest BCUT2D eigenvalue weighted by Gasteiger charge is 2.24. The van der Waals surface area contributed by atoms with Gasteiger partial charge in [-0.1, -0.05) is 0 Å². The predicted octanol–water partition coefficient (Wildman–Crippen LogP) is 1.48. The molecule has 0 fully saturated rings. The number of anilines is 1. The third-order valence-electron chi connectivity index (χ3n) is 4.19. The second-order valence-corrected chi connectivity index (χ2v) is 7.94. The molecule has 32 heavy (non-hydrogen) atoms. The Bertz CT molecular complexity index is 1440. The Balaban J connectivity index is 1.88. The number of aromatic nitrogens is 2. The van der Waals surface area contributed by atoms with Crippen molar-refractivity contribution in [3.05, 3.63) is 52.4 Å². The van der Waals surface area contributed by atoms with Gasteiger partial charge in [-0.2, -0.15) is 18.6 Å². The van der Waals surface area contributed by atoms with Crippen molar-refractivity contribution in [2.75, 3.05) is 5.32 Å². The summed E-state index contributed by atoms with van der Waals surface area (Å²) in [5.41, 5.74) is -0.219. The number of carboxylic acid groups (broad SMARTS) is 1. The minimum atomic E-state index is -4.66. The van der Waals surface area contributed by atoms with Crippen molar-refractivity contribution in [3.63, 3.8) is 0 Å². The van der Waals surface area contributed by atoms with E-state index < -0.39 is 50.0 Å². The maximum Gasteiger partial charge on any atom is 0.338 e. The molecule has 0 bridgehead atoms. The molecule has 0 radical (unpaired) electrons.